The zero-order chi connectivity index (χ0) is 23.9. The molecule has 0 bridgehead atoms. The number of nitrogens with one attached hydrogen (secondary N) is 2. The van der Waals surface area contributed by atoms with Gasteiger partial charge in [-0.25, -0.2) is 19.7 Å². The molecule has 35 heavy (non-hydrogen) atoms. The van der Waals surface area contributed by atoms with Gasteiger partial charge in [-0.2, -0.15) is 0 Å². The first-order valence-corrected chi connectivity index (χ1v) is 11.5. The van der Waals surface area contributed by atoms with Gasteiger partial charge in [-0.15, -0.1) is 0 Å². The number of rotatable bonds is 7. The molecule has 1 amide bonds. The predicted octanol–water partition coefficient (Wildman–Crippen LogP) is 3.81. The quantitative estimate of drug-likeness (QED) is 0.356. The number of nitrogens with zero attached hydrogens (tertiary/aromatic N) is 5. The average Bonchev–Trinajstić information content (AvgIpc) is 3.55. The highest BCUT2D eigenvalue weighted by Crippen LogP contribution is 2.39. The Kier molecular flexibility index (Phi) is 5.22. The molecule has 1 aliphatic carbocycles. The Hall–Kier alpha value is -4.18. The first-order chi connectivity index (χ1) is 17.0. The van der Waals surface area contributed by atoms with Gasteiger partial charge in [-0.1, -0.05) is 17.7 Å². The van der Waals surface area contributed by atoms with Gasteiger partial charge in [0, 0.05) is 23.5 Å². The number of hydrogen-bond donors (Lipinski definition) is 2. The van der Waals surface area contributed by atoms with Crippen LogP contribution >= 0.6 is 11.6 Å². The predicted molar refractivity (Wildman–Crippen MR) is 131 cm³/mol. The highest BCUT2D eigenvalue weighted by Gasteiger charge is 2.23. The molecule has 1 saturated carbocycles. The highest BCUT2D eigenvalue weighted by molar-refractivity contribution is 6.31. The van der Waals surface area contributed by atoms with E-state index in [2.05, 4.69) is 37.8 Å². The van der Waals surface area contributed by atoms with Crippen LogP contribution in [-0.2, 0) is 17.9 Å². The van der Waals surface area contributed by atoms with Crippen LogP contribution in [0.2, 0.25) is 5.02 Å². The van der Waals surface area contributed by atoms with Gasteiger partial charge < -0.3 is 19.5 Å². The second-order valence-corrected chi connectivity index (χ2v) is 8.93. The number of benzene rings is 1. The third-order valence-electron chi connectivity index (χ3n) is 5.89. The summed E-state index contributed by atoms with van der Waals surface area (Å²) in [4.78, 5) is 37.7. The lowest BCUT2D eigenvalue weighted by molar-refractivity contribution is -0.116. The normalized spacial score (nSPS) is 13.4. The van der Waals surface area contributed by atoms with Crippen LogP contribution in [0.1, 0.15) is 30.0 Å². The lowest BCUT2D eigenvalue weighted by Gasteiger charge is -2.07. The molecule has 1 aromatic carbocycles. The minimum absolute atomic E-state index is 0.247. The molecule has 176 valence electrons. The first kappa shape index (κ1) is 21.4. The smallest absolute Gasteiger partial charge is 0.408 e. The Bertz CT molecular complexity index is 1630. The van der Waals surface area contributed by atoms with E-state index in [4.69, 9.17) is 16.0 Å². The van der Waals surface area contributed by atoms with Crippen LogP contribution in [0.25, 0.3) is 16.7 Å². The lowest BCUT2D eigenvalue weighted by Crippen LogP contribution is -2.25. The van der Waals surface area contributed by atoms with Crippen LogP contribution in [0.15, 0.2) is 64.3 Å². The third-order valence-corrected chi connectivity index (χ3v) is 6.12. The van der Waals surface area contributed by atoms with Crippen LogP contribution in [0.3, 0.4) is 0 Å². The number of pyridine rings is 1. The zero-order valence-corrected chi connectivity index (χ0v) is 19.2. The fourth-order valence-corrected chi connectivity index (χ4v) is 4.19. The van der Waals surface area contributed by atoms with Crippen molar-refractivity contribution in [2.24, 2.45) is 0 Å². The Balaban J connectivity index is 1.12. The van der Waals surface area contributed by atoms with Crippen LogP contribution in [0.4, 0.5) is 11.6 Å². The number of aromatic nitrogens is 5. The third kappa shape index (κ3) is 4.47. The molecule has 11 heteroatoms. The molecule has 1 fully saturated rings. The molecule has 4 aromatic heterocycles. The molecule has 4 heterocycles. The molecule has 6 rings (SSSR count). The van der Waals surface area contributed by atoms with E-state index >= 15 is 0 Å². The number of halogens is 1. The van der Waals surface area contributed by atoms with Crippen molar-refractivity contribution in [2.45, 2.75) is 31.8 Å². The Morgan fingerprint density at radius 3 is 2.83 bits per heavy atom. The van der Waals surface area contributed by atoms with Crippen molar-refractivity contribution in [1.29, 1.82) is 0 Å². The van der Waals surface area contributed by atoms with Gasteiger partial charge in [0.25, 0.3) is 0 Å². The lowest BCUT2D eigenvalue weighted by atomic mass is 10.2. The van der Waals surface area contributed by atoms with Crippen LogP contribution in [0, 0.1) is 0 Å². The van der Waals surface area contributed by atoms with Gasteiger partial charge in [0.2, 0.25) is 5.91 Å². The van der Waals surface area contributed by atoms with Gasteiger partial charge in [-0.05, 0) is 48.6 Å². The number of oxazole rings is 1. The largest absolute Gasteiger partial charge is 0.420 e. The monoisotopic (exact) mass is 489 g/mol. The van der Waals surface area contributed by atoms with Gasteiger partial charge in [0.1, 0.15) is 30.2 Å². The average molecular weight is 490 g/mol. The molecule has 1 aliphatic rings. The fraction of sp³-hybridized carbons (Fsp3) is 0.208. The van der Waals surface area contributed by atoms with E-state index in [0.717, 1.165) is 11.3 Å². The van der Waals surface area contributed by atoms with Crippen molar-refractivity contribution in [2.75, 3.05) is 10.6 Å². The van der Waals surface area contributed by atoms with E-state index in [1.165, 1.54) is 29.3 Å². The number of hydrogen-bond acceptors (Lipinski definition) is 7. The topological polar surface area (TPSA) is 119 Å². The standard InChI is InChI=1S/C24H20ClN7O3/c25-16-4-5-19-18(7-16)32(24(34)35-19)12-23(33)30-21-8-20(27-13-28-21)26-9-17-11-31-10-15(14-1-2-14)3-6-22(31)29-17/h3-8,10-11,13-14H,1-2,9,12H2,(H2,26,27,28,30,33). The first-order valence-electron chi connectivity index (χ1n) is 11.1. The number of anilines is 2. The van der Waals surface area contributed by atoms with Crippen LogP contribution in [-0.4, -0.2) is 29.8 Å². The van der Waals surface area contributed by atoms with Gasteiger partial charge in [0.15, 0.2) is 5.58 Å². The zero-order valence-electron chi connectivity index (χ0n) is 18.4. The molecule has 0 aliphatic heterocycles. The summed E-state index contributed by atoms with van der Waals surface area (Å²) in [6.07, 6.45) is 8.00. The fourth-order valence-electron chi connectivity index (χ4n) is 4.02. The number of carbonyl (C=O) groups excluding carboxylic acids is 1. The molecule has 0 radical (unpaired) electrons. The van der Waals surface area contributed by atoms with Crippen molar-refractivity contribution < 1.29 is 9.21 Å². The van der Waals surface area contributed by atoms with E-state index in [1.807, 2.05) is 16.7 Å². The molecule has 2 N–H and O–H groups in total. The molecule has 0 unspecified atom stereocenters. The maximum absolute atomic E-state index is 12.6. The summed E-state index contributed by atoms with van der Waals surface area (Å²) in [5.41, 5.74) is 3.91. The number of amides is 1. The summed E-state index contributed by atoms with van der Waals surface area (Å²) in [6, 6.07) is 10.6. The van der Waals surface area contributed by atoms with E-state index < -0.39 is 11.7 Å². The SMILES string of the molecule is O=C(Cn1c(=O)oc2ccc(Cl)cc21)Nc1cc(NCc2cn3cc(C4CC4)ccc3n2)ncn1. The van der Waals surface area contributed by atoms with Gasteiger partial charge in [-0.3, -0.25) is 9.36 Å². The molecule has 5 aromatic rings. The Morgan fingerprint density at radius 1 is 1.11 bits per heavy atom. The number of imidazole rings is 1. The molecular formula is C24H20ClN7O3. The summed E-state index contributed by atoms with van der Waals surface area (Å²) in [5.74, 6) is 0.436. The molecule has 0 saturated heterocycles. The molecule has 10 nitrogen and oxygen atoms in total. The van der Waals surface area contributed by atoms with Crippen molar-refractivity contribution in [3.63, 3.8) is 0 Å². The van der Waals surface area contributed by atoms with E-state index in [0.29, 0.717) is 40.2 Å². The molecule has 0 atom stereocenters. The van der Waals surface area contributed by atoms with Gasteiger partial charge in [0.05, 0.1) is 17.8 Å². The second-order valence-electron chi connectivity index (χ2n) is 8.49. The number of carbonyl (C=O) groups is 1. The van der Waals surface area contributed by atoms with Crippen molar-refractivity contribution >= 4 is 45.9 Å². The van der Waals surface area contributed by atoms with Gasteiger partial charge >= 0.3 is 5.76 Å². The summed E-state index contributed by atoms with van der Waals surface area (Å²) in [5, 5.41) is 6.33. The van der Waals surface area contributed by atoms with E-state index in [1.54, 1.807) is 24.3 Å². The molecular weight excluding hydrogens is 470 g/mol. The minimum atomic E-state index is -0.640. The Labute approximate surface area is 203 Å². The molecule has 0 spiro atoms. The van der Waals surface area contributed by atoms with E-state index in [9.17, 15) is 9.59 Å². The second kappa shape index (κ2) is 8.55. The van der Waals surface area contributed by atoms with Crippen LogP contribution < -0.4 is 16.4 Å². The van der Waals surface area contributed by atoms with Crippen molar-refractivity contribution in [3.05, 3.63) is 81.9 Å². The summed E-state index contributed by atoms with van der Waals surface area (Å²) >= 11 is 6.02. The maximum Gasteiger partial charge on any atom is 0.420 e. The Morgan fingerprint density at radius 2 is 1.97 bits per heavy atom. The highest BCUT2D eigenvalue weighted by atomic mass is 35.5. The summed E-state index contributed by atoms with van der Waals surface area (Å²) < 4.78 is 8.43. The van der Waals surface area contributed by atoms with Crippen molar-refractivity contribution in [3.8, 4) is 0 Å². The maximum atomic E-state index is 12.6. The van der Waals surface area contributed by atoms with E-state index in [-0.39, 0.29) is 6.54 Å². The van der Waals surface area contributed by atoms with Crippen molar-refractivity contribution in [1.82, 2.24) is 23.9 Å². The minimum Gasteiger partial charge on any atom is -0.408 e. The summed E-state index contributed by atoms with van der Waals surface area (Å²) in [6.45, 7) is 0.213. The summed E-state index contributed by atoms with van der Waals surface area (Å²) in [7, 11) is 0. The van der Waals surface area contributed by atoms with Crippen LogP contribution in [0.5, 0.6) is 0 Å². The number of fused-ring (bicyclic) bond motifs is 2.